The van der Waals surface area contributed by atoms with Crippen molar-refractivity contribution in [3.8, 4) is 0 Å². The zero-order chi connectivity index (χ0) is 7.71. The summed E-state index contributed by atoms with van der Waals surface area (Å²) in [7, 11) is -11.4. The van der Waals surface area contributed by atoms with Crippen molar-refractivity contribution in [3.05, 3.63) is 0 Å². The van der Waals surface area contributed by atoms with E-state index in [4.69, 9.17) is 0 Å². The molecule has 0 saturated carbocycles. The van der Waals surface area contributed by atoms with E-state index in [9.17, 15) is 28.7 Å². The van der Waals surface area contributed by atoms with Crippen LogP contribution in [-0.2, 0) is 47.6 Å². The van der Waals surface area contributed by atoms with E-state index in [2.05, 4.69) is 4.31 Å². The Hall–Kier alpha value is 1.30. The monoisotopic (exact) mass is 300 g/mol. The van der Waals surface area contributed by atoms with Crippen molar-refractivity contribution in [1.29, 1.82) is 0 Å². The zero-order valence-corrected chi connectivity index (χ0v) is 8.03. The molecule has 0 bridgehead atoms. The minimum absolute atomic E-state index is 0. The van der Waals surface area contributed by atoms with Gasteiger partial charge in [0.1, 0.15) is 0 Å². The summed E-state index contributed by atoms with van der Waals surface area (Å²) < 4.78 is 21.2. The van der Waals surface area contributed by atoms with Gasteiger partial charge in [-0.05, 0) is 0 Å². The molecule has 7 nitrogen and oxygen atoms in total. The van der Waals surface area contributed by atoms with Crippen molar-refractivity contribution in [1.82, 2.24) is 0 Å². The molecule has 0 aliphatic rings. The first kappa shape index (κ1) is 18.2. The van der Waals surface area contributed by atoms with Gasteiger partial charge in [0.15, 0.2) is 0 Å². The van der Waals surface area contributed by atoms with Crippen LogP contribution in [0.2, 0.25) is 0 Å². The zero-order valence-electron chi connectivity index (χ0n) is 4.36. The SMILES string of the molecule is O=P([O-])([O-])OP(=O)([O-])[O-].[Cu+].[Cu+]. The third-order valence-electron chi connectivity index (χ3n) is 0.200. The molecule has 76 valence electrons. The summed E-state index contributed by atoms with van der Waals surface area (Å²) in [5.41, 5.74) is 0. The minimum Gasteiger partial charge on any atom is -0.790 e. The van der Waals surface area contributed by atoms with E-state index in [1.54, 1.807) is 0 Å². The van der Waals surface area contributed by atoms with E-state index in [1.165, 1.54) is 0 Å². The number of hydrogen-bond donors (Lipinski definition) is 0. The molecule has 0 fully saturated rings. The molecule has 0 spiro atoms. The van der Waals surface area contributed by atoms with Crippen LogP contribution in [0.4, 0.5) is 0 Å². The van der Waals surface area contributed by atoms with Crippen LogP contribution in [0.5, 0.6) is 0 Å². The summed E-state index contributed by atoms with van der Waals surface area (Å²) in [4.78, 5) is 37.3. The summed E-state index contributed by atoms with van der Waals surface area (Å²) in [5.74, 6) is 0. The van der Waals surface area contributed by atoms with Gasteiger partial charge in [0.05, 0.1) is 15.6 Å². The van der Waals surface area contributed by atoms with Crippen molar-refractivity contribution < 1.29 is 67.2 Å². The van der Waals surface area contributed by atoms with E-state index in [0.29, 0.717) is 0 Å². The van der Waals surface area contributed by atoms with Gasteiger partial charge in [-0.3, -0.25) is 0 Å². The normalized spacial score (nSPS) is 11.3. The van der Waals surface area contributed by atoms with Gasteiger partial charge in [0.25, 0.3) is 0 Å². The van der Waals surface area contributed by atoms with Gasteiger partial charge in [-0.15, -0.1) is 0 Å². The fourth-order valence-corrected chi connectivity index (χ4v) is 1.10. The van der Waals surface area contributed by atoms with Crippen LogP contribution in [0.3, 0.4) is 0 Å². The Morgan fingerprint density at radius 3 is 1.00 bits per heavy atom. The van der Waals surface area contributed by atoms with Crippen molar-refractivity contribution in [3.63, 3.8) is 0 Å². The Morgan fingerprint density at radius 1 is 0.818 bits per heavy atom. The topological polar surface area (TPSA) is 136 Å². The second-order valence-electron chi connectivity index (χ2n) is 0.976. The Balaban J connectivity index is -0.000000320. The largest absolute Gasteiger partial charge is 1.00 e. The second-order valence-corrected chi connectivity index (χ2v) is 3.42. The molecule has 0 amide bonds. The molecule has 0 saturated heterocycles. The predicted octanol–water partition coefficient (Wildman–Crippen LogP) is -3.34. The van der Waals surface area contributed by atoms with Gasteiger partial charge in [0, 0.05) is 0 Å². The van der Waals surface area contributed by atoms with Gasteiger partial charge in [-0.2, -0.15) is 0 Å². The first-order valence-electron chi connectivity index (χ1n) is 1.46. The summed E-state index contributed by atoms with van der Waals surface area (Å²) in [6.45, 7) is 0. The van der Waals surface area contributed by atoms with Gasteiger partial charge < -0.3 is 33.0 Å². The predicted molar refractivity (Wildman–Crippen MR) is 16.3 cm³/mol. The van der Waals surface area contributed by atoms with Gasteiger partial charge >= 0.3 is 34.1 Å². The maximum Gasteiger partial charge on any atom is 1.00 e. The first-order valence-corrected chi connectivity index (χ1v) is 4.38. The number of phosphoric acid groups is 2. The molecule has 0 aromatic rings. The average molecular weight is 301 g/mol. The maximum absolute atomic E-state index is 9.32. The molecule has 0 heterocycles. The molecular formula is Cu2O7P2-2. The Labute approximate surface area is 83.0 Å². The molecule has 11 heteroatoms. The van der Waals surface area contributed by atoms with Crippen LogP contribution in [0, 0.1) is 0 Å². The van der Waals surface area contributed by atoms with Crippen molar-refractivity contribution >= 4 is 15.6 Å². The Morgan fingerprint density at radius 2 is 1.00 bits per heavy atom. The van der Waals surface area contributed by atoms with Crippen LogP contribution in [0.1, 0.15) is 0 Å². The molecule has 0 N–H and O–H groups in total. The average Bonchev–Trinajstić information content (AvgIpc) is 1.14. The summed E-state index contributed by atoms with van der Waals surface area (Å²) in [6.07, 6.45) is 0. The summed E-state index contributed by atoms with van der Waals surface area (Å²) >= 11 is 0. The van der Waals surface area contributed by atoms with E-state index >= 15 is 0 Å². The Kier molecular flexibility index (Phi) is 9.68. The summed E-state index contributed by atoms with van der Waals surface area (Å²) in [5, 5.41) is 0. The van der Waals surface area contributed by atoms with E-state index in [1.807, 2.05) is 0 Å². The number of hydrogen-bond acceptors (Lipinski definition) is 7. The minimum atomic E-state index is -5.68. The molecule has 0 rings (SSSR count). The first-order chi connectivity index (χ1) is 3.71. The van der Waals surface area contributed by atoms with E-state index in [-0.39, 0.29) is 34.1 Å². The molecule has 0 radical (unpaired) electrons. The van der Waals surface area contributed by atoms with Gasteiger partial charge in [0.2, 0.25) is 0 Å². The van der Waals surface area contributed by atoms with Crippen LogP contribution < -0.4 is 19.6 Å². The van der Waals surface area contributed by atoms with Crippen molar-refractivity contribution in [2.75, 3.05) is 0 Å². The maximum atomic E-state index is 9.32. The number of rotatable bonds is 2. The van der Waals surface area contributed by atoms with Crippen LogP contribution >= 0.6 is 15.6 Å². The fraction of sp³-hybridized carbons (Fsp3) is 0. The van der Waals surface area contributed by atoms with Crippen LogP contribution in [0.25, 0.3) is 0 Å². The fourth-order valence-electron chi connectivity index (χ4n) is 0.122. The van der Waals surface area contributed by atoms with Gasteiger partial charge in [-0.1, -0.05) is 0 Å². The Bertz CT molecular complexity index is 155. The van der Waals surface area contributed by atoms with E-state index < -0.39 is 15.6 Å². The molecule has 0 aromatic heterocycles. The molecule has 0 atom stereocenters. The molecule has 0 unspecified atom stereocenters. The summed E-state index contributed by atoms with van der Waals surface area (Å²) in [6, 6.07) is 0. The standard InChI is InChI=1S/2Cu.H4O7P2/c;;1-8(2,3)7-9(4,5)6/h;;(H2,1,2,3)(H2,4,5,6)/q2*+1;/p-4. The van der Waals surface area contributed by atoms with Gasteiger partial charge in [-0.25, -0.2) is 0 Å². The van der Waals surface area contributed by atoms with Crippen LogP contribution in [-0.4, -0.2) is 0 Å². The molecule has 0 aliphatic carbocycles. The van der Waals surface area contributed by atoms with E-state index in [0.717, 1.165) is 0 Å². The smallest absolute Gasteiger partial charge is 0.790 e. The quantitative estimate of drug-likeness (QED) is 0.384. The van der Waals surface area contributed by atoms with Crippen molar-refractivity contribution in [2.45, 2.75) is 0 Å². The van der Waals surface area contributed by atoms with Crippen molar-refractivity contribution in [2.24, 2.45) is 0 Å². The third kappa shape index (κ3) is 18.3. The third-order valence-corrected chi connectivity index (χ3v) is 1.80. The molecule has 11 heavy (non-hydrogen) atoms. The molecule has 0 aromatic carbocycles. The van der Waals surface area contributed by atoms with Crippen LogP contribution in [0.15, 0.2) is 0 Å². The molecule has 0 aliphatic heterocycles. The molecular weight excluding hydrogens is 301 g/mol. The second kappa shape index (κ2) is 5.86.